The second-order valence-electron chi connectivity index (χ2n) is 7.69. The van der Waals surface area contributed by atoms with E-state index in [1.54, 1.807) is 0 Å². The first-order valence-electron chi connectivity index (χ1n) is 10.4. The fourth-order valence-electron chi connectivity index (χ4n) is 3.89. The Morgan fingerprint density at radius 2 is 2.03 bits per heavy atom. The number of hydrogen-bond donors (Lipinski definition) is 1. The van der Waals surface area contributed by atoms with Crippen LogP contribution in [0.15, 0.2) is 34.7 Å². The first kappa shape index (κ1) is 20.6. The van der Waals surface area contributed by atoms with Crippen LogP contribution >= 0.6 is 23.1 Å². The minimum absolute atomic E-state index is 0.206. The minimum atomic E-state index is 0.206. The minimum Gasteiger partial charge on any atom is -0.376 e. The number of anilines is 1. The summed E-state index contributed by atoms with van der Waals surface area (Å²) in [5, 5.41) is 12.5. The highest BCUT2D eigenvalue weighted by molar-refractivity contribution is 8.01. The molecule has 1 unspecified atom stereocenters. The van der Waals surface area contributed by atoms with E-state index in [-0.39, 0.29) is 12.0 Å². The highest BCUT2D eigenvalue weighted by Gasteiger charge is 2.23. The number of piperidine rings is 1. The Labute approximate surface area is 180 Å². The summed E-state index contributed by atoms with van der Waals surface area (Å²) in [4.78, 5) is 14.6. The van der Waals surface area contributed by atoms with Crippen LogP contribution in [0.1, 0.15) is 31.2 Å². The molecule has 1 amide bonds. The fraction of sp³-hybridized carbons (Fsp3) is 0.571. The van der Waals surface area contributed by atoms with Crippen molar-refractivity contribution in [3.05, 3.63) is 35.9 Å². The van der Waals surface area contributed by atoms with Crippen molar-refractivity contribution in [2.24, 2.45) is 5.92 Å². The lowest BCUT2D eigenvalue weighted by Gasteiger charge is -2.32. The molecule has 156 valence electrons. The third-order valence-corrected chi connectivity index (χ3v) is 7.56. The summed E-state index contributed by atoms with van der Waals surface area (Å²) in [6.45, 7) is 3.35. The number of nitrogens with zero attached hydrogens (tertiary/aromatic N) is 3. The van der Waals surface area contributed by atoms with Gasteiger partial charge in [-0.25, -0.2) is 0 Å². The number of carbonyl (C=O) groups is 1. The Morgan fingerprint density at radius 3 is 2.79 bits per heavy atom. The third-order valence-electron chi connectivity index (χ3n) is 5.56. The molecule has 1 aromatic heterocycles. The van der Waals surface area contributed by atoms with Gasteiger partial charge in [0.1, 0.15) is 0 Å². The van der Waals surface area contributed by atoms with E-state index in [9.17, 15) is 4.79 Å². The normalized spacial score (nSPS) is 20.1. The summed E-state index contributed by atoms with van der Waals surface area (Å²) in [5.41, 5.74) is 1.40. The number of nitrogens with one attached hydrogen (secondary N) is 1. The van der Waals surface area contributed by atoms with Crippen molar-refractivity contribution in [3.63, 3.8) is 0 Å². The van der Waals surface area contributed by atoms with Crippen molar-refractivity contribution >= 4 is 34.1 Å². The molecule has 0 bridgehead atoms. The Kier molecular flexibility index (Phi) is 7.40. The molecule has 8 heteroatoms. The number of aromatic nitrogens is 2. The van der Waals surface area contributed by atoms with E-state index in [1.165, 1.54) is 28.7 Å². The maximum Gasteiger partial charge on any atom is 0.233 e. The lowest BCUT2D eigenvalue weighted by atomic mass is 9.90. The van der Waals surface area contributed by atoms with Gasteiger partial charge in [0.2, 0.25) is 11.0 Å². The summed E-state index contributed by atoms with van der Waals surface area (Å²) in [5.74, 6) is 1.32. The first-order chi connectivity index (χ1) is 14.3. The Morgan fingerprint density at radius 1 is 1.21 bits per heavy atom. The van der Waals surface area contributed by atoms with E-state index in [2.05, 4.69) is 45.8 Å². The molecule has 2 aromatic rings. The van der Waals surface area contributed by atoms with Gasteiger partial charge in [-0.05, 0) is 43.6 Å². The number of thioether (sulfide) groups is 1. The molecular formula is C21H28N4O2S2. The van der Waals surface area contributed by atoms with E-state index in [0.717, 1.165) is 67.8 Å². The molecule has 6 nitrogen and oxygen atoms in total. The predicted octanol–water partition coefficient (Wildman–Crippen LogP) is 3.70. The highest BCUT2D eigenvalue weighted by atomic mass is 32.2. The zero-order valence-corrected chi connectivity index (χ0v) is 18.2. The number of ether oxygens (including phenoxy) is 1. The number of carbonyl (C=O) groups excluding carboxylic acids is 1. The number of amides is 1. The molecule has 0 aliphatic carbocycles. The summed E-state index contributed by atoms with van der Waals surface area (Å²) in [7, 11) is 0. The average Bonchev–Trinajstić information content (AvgIpc) is 3.44. The lowest BCUT2D eigenvalue weighted by Crippen LogP contribution is -2.39. The van der Waals surface area contributed by atoms with Crippen LogP contribution in [0.25, 0.3) is 0 Å². The van der Waals surface area contributed by atoms with Crippen LogP contribution in [0.4, 0.5) is 5.13 Å². The zero-order chi connectivity index (χ0) is 19.9. The number of likely N-dealkylation sites (tertiary alicyclic amines) is 1. The van der Waals surface area contributed by atoms with Crippen LogP contribution in [-0.4, -0.2) is 59.1 Å². The summed E-state index contributed by atoms with van der Waals surface area (Å²) in [6.07, 6.45) is 5.80. The second-order valence-corrected chi connectivity index (χ2v) is 9.89. The summed E-state index contributed by atoms with van der Waals surface area (Å²) < 4.78 is 6.45. The molecule has 1 N–H and O–H groups in total. The molecule has 0 saturated carbocycles. The molecule has 1 atom stereocenters. The van der Waals surface area contributed by atoms with Gasteiger partial charge in [-0.1, -0.05) is 53.4 Å². The van der Waals surface area contributed by atoms with Gasteiger partial charge in [-0.15, -0.1) is 10.2 Å². The molecule has 29 heavy (non-hydrogen) atoms. The van der Waals surface area contributed by atoms with Crippen molar-refractivity contribution in [1.82, 2.24) is 15.1 Å². The van der Waals surface area contributed by atoms with Crippen LogP contribution in [0.5, 0.6) is 0 Å². The predicted molar refractivity (Wildman–Crippen MR) is 118 cm³/mol. The van der Waals surface area contributed by atoms with E-state index >= 15 is 0 Å². The van der Waals surface area contributed by atoms with Gasteiger partial charge < -0.3 is 15.0 Å². The SMILES string of the molecule is O=C(CSc1nnc(NCC2CCCO2)s1)N1CCC(Cc2ccccc2)CC1. The van der Waals surface area contributed by atoms with Gasteiger partial charge in [0.15, 0.2) is 4.34 Å². The second kappa shape index (κ2) is 10.4. The van der Waals surface area contributed by atoms with Crippen molar-refractivity contribution in [2.45, 2.75) is 42.5 Å². The van der Waals surface area contributed by atoms with Crippen molar-refractivity contribution < 1.29 is 9.53 Å². The van der Waals surface area contributed by atoms with Gasteiger partial charge >= 0.3 is 0 Å². The standard InChI is InChI=1S/C21H28N4O2S2/c26-19(25-10-8-17(9-11-25)13-16-5-2-1-3-6-16)15-28-21-24-23-20(29-21)22-14-18-7-4-12-27-18/h1-3,5-6,17-18H,4,7-15H2,(H,22,23). The van der Waals surface area contributed by atoms with Gasteiger partial charge in [0.05, 0.1) is 11.9 Å². The van der Waals surface area contributed by atoms with Gasteiger partial charge in [-0.3, -0.25) is 4.79 Å². The maximum absolute atomic E-state index is 12.6. The Hall–Kier alpha value is -1.64. The molecule has 4 rings (SSSR count). The van der Waals surface area contributed by atoms with Gasteiger partial charge in [-0.2, -0.15) is 0 Å². The van der Waals surface area contributed by atoms with Crippen molar-refractivity contribution in [3.8, 4) is 0 Å². The molecule has 1 aromatic carbocycles. The third kappa shape index (κ3) is 6.17. The number of rotatable bonds is 8. The number of benzene rings is 1. The molecule has 0 spiro atoms. The van der Waals surface area contributed by atoms with Crippen LogP contribution in [0, 0.1) is 5.92 Å². The van der Waals surface area contributed by atoms with Gasteiger partial charge in [0.25, 0.3) is 0 Å². The molecule has 2 aliphatic rings. The topological polar surface area (TPSA) is 67.3 Å². The fourth-order valence-corrected chi connectivity index (χ4v) is 5.56. The quantitative estimate of drug-likeness (QED) is 0.642. The largest absolute Gasteiger partial charge is 0.376 e. The van der Waals surface area contributed by atoms with Crippen LogP contribution < -0.4 is 5.32 Å². The molecule has 3 heterocycles. The van der Waals surface area contributed by atoms with Gasteiger partial charge in [0, 0.05) is 26.2 Å². The Balaban J connectivity index is 1.16. The molecule has 0 radical (unpaired) electrons. The summed E-state index contributed by atoms with van der Waals surface area (Å²) >= 11 is 3.00. The molecule has 2 saturated heterocycles. The van der Waals surface area contributed by atoms with Crippen molar-refractivity contribution in [2.75, 3.05) is 37.3 Å². The number of hydrogen-bond acceptors (Lipinski definition) is 7. The summed E-state index contributed by atoms with van der Waals surface area (Å²) in [6, 6.07) is 10.6. The maximum atomic E-state index is 12.6. The van der Waals surface area contributed by atoms with Crippen LogP contribution in [0.2, 0.25) is 0 Å². The van der Waals surface area contributed by atoms with E-state index in [4.69, 9.17) is 4.74 Å². The van der Waals surface area contributed by atoms with E-state index in [1.807, 2.05) is 4.90 Å². The zero-order valence-electron chi connectivity index (χ0n) is 16.6. The average molecular weight is 433 g/mol. The van der Waals surface area contributed by atoms with Crippen LogP contribution in [0.3, 0.4) is 0 Å². The van der Waals surface area contributed by atoms with E-state index in [0.29, 0.717) is 11.7 Å². The van der Waals surface area contributed by atoms with Crippen molar-refractivity contribution in [1.29, 1.82) is 0 Å². The first-order valence-corrected chi connectivity index (χ1v) is 12.2. The monoisotopic (exact) mass is 432 g/mol. The molecule has 2 aliphatic heterocycles. The molecular weight excluding hydrogens is 404 g/mol. The lowest BCUT2D eigenvalue weighted by molar-refractivity contribution is -0.129. The Bertz CT molecular complexity index is 772. The van der Waals surface area contributed by atoms with Crippen LogP contribution in [-0.2, 0) is 16.0 Å². The highest BCUT2D eigenvalue weighted by Crippen LogP contribution is 2.27. The molecule has 2 fully saturated rings. The smallest absolute Gasteiger partial charge is 0.233 e. The van der Waals surface area contributed by atoms with E-state index < -0.39 is 0 Å².